The average Bonchev–Trinajstić information content (AvgIpc) is 2.77. The largest absolute Gasteiger partial charge is 1.00 e. The molecule has 0 spiro atoms. The van der Waals surface area contributed by atoms with Gasteiger partial charge in [-0.15, -0.1) is 0 Å². The molecule has 0 saturated heterocycles. The molecule has 0 radical (unpaired) electrons. The fourth-order valence-electron chi connectivity index (χ4n) is 4.76. The third-order valence-corrected chi connectivity index (χ3v) is 6.67. The van der Waals surface area contributed by atoms with E-state index in [1.807, 2.05) is 41.5 Å². The van der Waals surface area contributed by atoms with Gasteiger partial charge in [-0.2, -0.15) is 0 Å². The number of hydrogen-bond donors (Lipinski definition) is 2. The van der Waals surface area contributed by atoms with Crippen LogP contribution in [0, 0.1) is 10.8 Å². The number of rotatable bonds is 10. The molecule has 0 bridgehead atoms. The van der Waals surface area contributed by atoms with Crippen molar-refractivity contribution in [2.24, 2.45) is 10.8 Å². The molecule has 0 unspecified atom stereocenters. The smallest absolute Gasteiger partial charge is 0.328 e. The number of ether oxygens (including phenoxy) is 2. The lowest BCUT2D eigenvalue weighted by molar-refractivity contribution is -0.464. The van der Waals surface area contributed by atoms with Crippen LogP contribution < -0.4 is 28.2 Å². The van der Waals surface area contributed by atoms with E-state index >= 15 is 0 Å². The van der Waals surface area contributed by atoms with Gasteiger partial charge < -0.3 is 32.9 Å². The molecule has 39 heavy (non-hydrogen) atoms. The molecule has 4 N–H and O–H groups in total. The second kappa shape index (κ2) is 14.3. The molecule has 1 aromatic rings. The first-order valence-corrected chi connectivity index (χ1v) is 13.6. The molecule has 1 aliphatic rings. The Hall–Kier alpha value is -2.45. The highest BCUT2D eigenvalue weighted by Crippen LogP contribution is 2.28. The number of quaternary nitrogens is 1. The van der Waals surface area contributed by atoms with Gasteiger partial charge in [-0.1, -0.05) is 60.1 Å². The summed E-state index contributed by atoms with van der Waals surface area (Å²) in [6, 6.07) is 4.32. The van der Waals surface area contributed by atoms with Gasteiger partial charge in [0.15, 0.2) is 5.54 Å². The van der Waals surface area contributed by atoms with Crippen LogP contribution in [0.2, 0.25) is 0 Å². The van der Waals surface area contributed by atoms with Gasteiger partial charge in [-0.25, -0.2) is 4.79 Å². The Balaban J connectivity index is 0.00000760. The van der Waals surface area contributed by atoms with E-state index in [9.17, 15) is 19.2 Å². The van der Waals surface area contributed by atoms with Crippen LogP contribution in [0.25, 0.3) is 0 Å². The van der Waals surface area contributed by atoms with Crippen molar-refractivity contribution in [2.75, 3.05) is 7.11 Å². The molecular formula is C30H47ClN2O6. The Morgan fingerprint density at radius 3 is 2.10 bits per heavy atom. The van der Waals surface area contributed by atoms with Crippen LogP contribution in [0.5, 0.6) is 5.75 Å². The SMILES string of the molecule is COC(=O)[C@H](Cc1ccc(CC(=O)CC(C)(C)C)c(OC(=O)CC(C)(C)C)c1)NC(=O)C1([NH3+])CCCCC1.[Cl-]. The number of ketones is 1. The van der Waals surface area contributed by atoms with Gasteiger partial charge in [0.05, 0.1) is 13.5 Å². The monoisotopic (exact) mass is 566 g/mol. The summed E-state index contributed by atoms with van der Waals surface area (Å²) in [5.74, 6) is -0.864. The van der Waals surface area contributed by atoms with E-state index in [1.165, 1.54) is 7.11 Å². The van der Waals surface area contributed by atoms with E-state index in [0.717, 1.165) is 19.3 Å². The van der Waals surface area contributed by atoms with Crippen molar-refractivity contribution < 1.29 is 46.8 Å². The minimum absolute atomic E-state index is 0. The second-order valence-corrected chi connectivity index (χ2v) is 13.2. The number of carbonyl (C=O) groups is 4. The van der Waals surface area contributed by atoms with Crippen molar-refractivity contribution in [2.45, 2.75) is 111 Å². The van der Waals surface area contributed by atoms with Gasteiger partial charge >= 0.3 is 11.9 Å². The van der Waals surface area contributed by atoms with Crippen molar-refractivity contribution in [1.29, 1.82) is 0 Å². The number of halogens is 1. The Bertz CT molecular complexity index is 1020. The number of methoxy groups -OCH3 is 1. The van der Waals surface area contributed by atoms with Crippen molar-refractivity contribution >= 4 is 23.6 Å². The van der Waals surface area contributed by atoms with E-state index in [-0.39, 0.29) is 54.2 Å². The minimum atomic E-state index is -0.917. The third-order valence-electron chi connectivity index (χ3n) is 6.67. The fraction of sp³-hybridized carbons (Fsp3) is 0.667. The van der Waals surface area contributed by atoms with Crippen LogP contribution in [0.3, 0.4) is 0 Å². The summed E-state index contributed by atoms with van der Waals surface area (Å²) < 4.78 is 10.7. The van der Waals surface area contributed by atoms with Gasteiger partial charge in [-0.05, 0) is 35.3 Å². The molecule has 1 atom stereocenters. The quantitative estimate of drug-likeness (QED) is 0.317. The third kappa shape index (κ3) is 11.7. The second-order valence-electron chi connectivity index (χ2n) is 13.2. The summed E-state index contributed by atoms with van der Waals surface area (Å²) in [5, 5.41) is 2.85. The summed E-state index contributed by atoms with van der Waals surface area (Å²) in [6.45, 7) is 11.9. The van der Waals surface area contributed by atoms with Crippen LogP contribution in [-0.4, -0.2) is 42.3 Å². The van der Waals surface area contributed by atoms with E-state index in [2.05, 4.69) is 11.1 Å². The summed E-state index contributed by atoms with van der Waals surface area (Å²) in [7, 11) is 1.28. The molecule has 0 heterocycles. The lowest BCUT2D eigenvalue weighted by Gasteiger charge is -2.30. The Kier molecular flexibility index (Phi) is 12.6. The van der Waals surface area contributed by atoms with Gasteiger partial charge in [0.1, 0.15) is 17.6 Å². The highest BCUT2D eigenvalue weighted by atomic mass is 35.5. The molecule has 1 aromatic carbocycles. The van der Waals surface area contributed by atoms with Gasteiger partial charge in [-0.3, -0.25) is 14.4 Å². The van der Waals surface area contributed by atoms with Crippen molar-refractivity contribution in [3.63, 3.8) is 0 Å². The molecule has 0 aliphatic heterocycles. The van der Waals surface area contributed by atoms with Crippen molar-refractivity contribution in [3.8, 4) is 5.75 Å². The topological polar surface area (TPSA) is 126 Å². The summed E-state index contributed by atoms with van der Waals surface area (Å²) >= 11 is 0. The predicted octanol–water partition coefficient (Wildman–Crippen LogP) is 0.725. The summed E-state index contributed by atoms with van der Waals surface area (Å²) in [4.78, 5) is 51.1. The lowest BCUT2D eigenvalue weighted by atomic mass is 9.81. The highest BCUT2D eigenvalue weighted by Gasteiger charge is 2.41. The molecule has 1 saturated carbocycles. The van der Waals surface area contributed by atoms with Gasteiger partial charge in [0.25, 0.3) is 5.91 Å². The number of Topliss-reactive ketones (excluding diaryl/α,β-unsaturated/α-hetero) is 1. The maximum absolute atomic E-state index is 13.1. The number of carbonyl (C=O) groups excluding carboxylic acids is 4. The first-order chi connectivity index (χ1) is 17.5. The number of amides is 1. The van der Waals surface area contributed by atoms with E-state index < -0.39 is 23.5 Å². The molecule has 0 aromatic heterocycles. The zero-order valence-electron chi connectivity index (χ0n) is 24.7. The van der Waals surface area contributed by atoms with Crippen LogP contribution in [0.15, 0.2) is 18.2 Å². The first kappa shape index (κ1) is 34.6. The van der Waals surface area contributed by atoms with Crippen LogP contribution in [-0.2, 0) is 36.8 Å². The molecule has 2 rings (SSSR count). The zero-order valence-corrected chi connectivity index (χ0v) is 25.5. The molecular weight excluding hydrogens is 520 g/mol. The Labute approximate surface area is 239 Å². The van der Waals surface area contributed by atoms with Crippen molar-refractivity contribution in [3.05, 3.63) is 29.3 Å². The van der Waals surface area contributed by atoms with E-state index in [1.54, 1.807) is 18.2 Å². The van der Waals surface area contributed by atoms with Crippen molar-refractivity contribution in [1.82, 2.24) is 5.32 Å². The van der Waals surface area contributed by atoms with Gasteiger partial charge in [0.2, 0.25) is 0 Å². The van der Waals surface area contributed by atoms with E-state index in [0.29, 0.717) is 36.1 Å². The molecule has 1 fully saturated rings. The number of nitrogens with one attached hydrogen (secondary N) is 1. The molecule has 1 aliphatic carbocycles. The maximum Gasteiger partial charge on any atom is 0.328 e. The normalized spacial score (nSPS) is 15.9. The molecule has 220 valence electrons. The van der Waals surface area contributed by atoms with Crippen LogP contribution in [0.4, 0.5) is 0 Å². The average molecular weight is 567 g/mol. The standard InChI is InChI=1S/C30H46N2O6.ClH/c1-28(2,3)18-22(33)17-21-12-11-20(16-24(21)38-25(34)19-29(4,5)6)15-23(26(35)37-7)32-27(36)30(31)13-9-8-10-14-30;/h11-12,16,23H,8-10,13-15,17-19,31H2,1-7H3,(H,32,36);1H/t23-;/m0./s1. The molecule has 1 amide bonds. The van der Waals surface area contributed by atoms with Gasteiger partial charge in [0, 0.05) is 37.7 Å². The van der Waals surface area contributed by atoms with Crippen LogP contribution >= 0.6 is 0 Å². The highest BCUT2D eigenvalue weighted by molar-refractivity contribution is 5.89. The maximum atomic E-state index is 13.1. The lowest BCUT2D eigenvalue weighted by Crippen LogP contribution is -3.00. The van der Waals surface area contributed by atoms with Crippen LogP contribution in [0.1, 0.15) is 97.6 Å². The minimum Gasteiger partial charge on any atom is -1.00 e. The predicted molar refractivity (Wildman–Crippen MR) is 145 cm³/mol. The van der Waals surface area contributed by atoms with E-state index in [4.69, 9.17) is 9.47 Å². The number of esters is 2. The Morgan fingerprint density at radius 1 is 0.974 bits per heavy atom. The number of benzene rings is 1. The molecule has 8 nitrogen and oxygen atoms in total. The fourth-order valence-corrected chi connectivity index (χ4v) is 4.76. The zero-order chi connectivity index (χ0) is 28.7. The summed E-state index contributed by atoms with van der Waals surface area (Å²) in [6.07, 6.45) is 5.18. The summed E-state index contributed by atoms with van der Waals surface area (Å²) in [5.41, 5.74) is 4.27. The Morgan fingerprint density at radius 2 is 1.56 bits per heavy atom. The number of hydrogen-bond acceptors (Lipinski definition) is 6. The molecule has 9 heteroatoms. The first-order valence-electron chi connectivity index (χ1n) is 13.6.